The number of aromatic nitrogens is 1. The first-order chi connectivity index (χ1) is 8.25. The Morgan fingerprint density at radius 2 is 1.76 bits per heavy atom. The van der Waals surface area contributed by atoms with E-state index in [0.29, 0.717) is 6.54 Å². The zero-order valence-electron chi connectivity index (χ0n) is 9.76. The van der Waals surface area contributed by atoms with Crippen LogP contribution in [-0.4, -0.2) is 5.91 Å². The van der Waals surface area contributed by atoms with E-state index in [2.05, 4.69) is 5.32 Å². The Hall–Kier alpha value is -2.16. The van der Waals surface area contributed by atoms with Gasteiger partial charge in [-0.1, -0.05) is 18.2 Å². The Morgan fingerprint density at radius 3 is 2.35 bits per heavy atom. The standard InChI is InChI=1S/C14H14N2O/c1-12(17)15-11-13-5-7-14(8-6-13)16-9-3-2-4-10-16/h2-10H,11H2,1H3/p+1. The molecule has 2 aromatic rings. The molecule has 0 bridgehead atoms. The molecule has 0 saturated heterocycles. The van der Waals surface area contributed by atoms with Gasteiger partial charge in [-0.15, -0.1) is 0 Å². The van der Waals surface area contributed by atoms with E-state index in [4.69, 9.17) is 0 Å². The fourth-order valence-electron chi connectivity index (χ4n) is 1.58. The molecule has 1 aromatic carbocycles. The minimum Gasteiger partial charge on any atom is -0.352 e. The minimum atomic E-state index is -0.00786. The molecule has 17 heavy (non-hydrogen) atoms. The lowest BCUT2D eigenvalue weighted by molar-refractivity contribution is -0.595. The molecule has 3 nitrogen and oxygen atoms in total. The molecule has 1 amide bonds. The van der Waals surface area contributed by atoms with Crippen molar-refractivity contribution in [2.75, 3.05) is 0 Å². The molecule has 0 radical (unpaired) electrons. The van der Waals surface area contributed by atoms with E-state index in [1.165, 1.54) is 6.92 Å². The minimum absolute atomic E-state index is 0.00786. The molecule has 0 spiro atoms. The first kappa shape index (κ1) is 11.3. The average molecular weight is 227 g/mol. The molecule has 2 rings (SSSR count). The second-order valence-electron chi connectivity index (χ2n) is 3.86. The summed E-state index contributed by atoms with van der Waals surface area (Å²) in [5.74, 6) is -0.00786. The van der Waals surface area contributed by atoms with Gasteiger partial charge in [0.15, 0.2) is 12.4 Å². The van der Waals surface area contributed by atoms with Crippen molar-refractivity contribution in [3.05, 3.63) is 60.4 Å². The van der Waals surface area contributed by atoms with Crippen molar-refractivity contribution >= 4 is 5.91 Å². The average Bonchev–Trinajstić information content (AvgIpc) is 2.38. The van der Waals surface area contributed by atoms with Crippen molar-refractivity contribution in [1.29, 1.82) is 0 Å². The summed E-state index contributed by atoms with van der Waals surface area (Å²) >= 11 is 0. The Morgan fingerprint density at radius 1 is 1.12 bits per heavy atom. The highest BCUT2D eigenvalue weighted by Crippen LogP contribution is 2.03. The molecule has 86 valence electrons. The molecule has 0 aliphatic carbocycles. The van der Waals surface area contributed by atoms with Crippen LogP contribution in [0.25, 0.3) is 5.69 Å². The molecule has 0 aliphatic heterocycles. The Bertz CT molecular complexity index is 491. The quantitative estimate of drug-likeness (QED) is 0.794. The predicted molar refractivity (Wildman–Crippen MR) is 65.5 cm³/mol. The van der Waals surface area contributed by atoms with E-state index in [1.807, 2.05) is 59.4 Å². The number of rotatable bonds is 3. The zero-order chi connectivity index (χ0) is 12.1. The van der Waals surface area contributed by atoms with Crippen molar-refractivity contribution in [3.63, 3.8) is 0 Å². The van der Waals surface area contributed by atoms with Gasteiger partial charge in [0.1, 0.15) is 0 Å². The lowest BCUT2D eigenvalue weighted by Crippen LogP contribution is -2.28. The molecule has 1 N–H and O–H groups in total. The summed E-state index contributed by atoms with van der Waals surface area (Å²) in [5, 5.41) is 2.78. The number of carbonyl (C=O) groups is 1. The number of hydrogen-bond donors (Lipinski definition) is 1. The van der Waals surface area contributed by atoms with Gasteiger partial charge in [0.05, 0.1) is 0 Å². The number of amides is 1. The molecule has 0 aliphatic rings. The Balaban J connectivity index is 2.11. The third kappa shape index (κ3) is 3.14. The predicted octanol–water partition coefficient (Wildman–Crippen LogP) is 1.60. The number of nitrogens with one attached hydrogen (secondary N) is 1. The first-order valence-corrected chi connectivity index (χ1v) is 5.56. The van der Waals surface area contributed by atoms with E-state index in [-0.39, 0.29) is 5.91 Å². The van der Waals surface area contributed by atoms with Crippen LogP contribution in [0.4, 0.5) is 0 Å². The highest BCUT2D eigenvalue weighted by Gasteiger charge is 2.03. The van der Waals surface area contributed by atoms with Crippen molar-refractivity contribution in [1.82, 2.24) is 5.32 Å². The summed E-state index contributed by atoms with van der Waals surface area (Å²) in [6, 6.07) is 14.1. The van der Waals surface area contributed by atoms with E-state index >= 15 is 0 Å². The van der Waals surface area contributed by atoms with Crippen LogP contribution in [0, 0.1) is 0 Å². The number of carbonyl (C=O) groups excluding carboxylic acids is 1. The van der Waals surface area contributed by atoms with Gasteiger partial charge >= 0.3 is 0 Å². The molecule has 0 unspecified atom stereocenters. The van der Waals surface area contributed by atoms with Gasteiger partial charge in [0.2, 0.25) is 11.6 Å². The van der Waals surface area contributed by atoms with Crippen LogP contribution in [0.15, 0.2) is 54.9 Å². The van der Waals surface area contributed by atoms with Crippen LogP contribution in [0.2, 0.25) is 0 Å². The molecule has 3 heteroatoms. The maximum Gasteiger partial charge on any atom is 0.217 e. The summed E-state index contributed by atoms with van der Waals surface area (Å²) in [6.07, 6.45) is 4.01. The molecular formula is C14H15N2O+. The maximum atomic E-state index is 10.8. The van der Waals surface area contributed by atoms with Crippen molar-refractivity contribution in [3.8, 4) is 5.69 Å². The maximum absolute atomic E-state index is 10.8. The van der Waals surface area contributed by atoms with E-state index in [0.717, 1.165) is 11.3 Å². The van der Waals surface area contributed by atoms with Crippen LogP contribution in [0.3, 0.4) is 0 Å². The van der Waals surface area contributed by atoms with Gasteiger partial charge in [0.25, 0.3) is 0 Å². The number of pyridine rings is 1. The zero-order valence-corrected chi connectivity index (χ0v) is 9.76. The second kappa shape index (κ2) is 5.25. The molecule has 1 heterocycles. The van der Waals surface area contributed by atoms with Crippen LogP contribution >= 0.6 is 0 Å². The summed E-state index contributed by atoms with van der Waals surface area (Å²) < 4.78 is 2.04. The van der Waals surface area contributed by atoms with Crippen molar-refractivity contribution in [2.24, 2.45) is 0 Å². The summed E-state index contributed by atoms with van der Waals surface area (Å²) in [7, 11) is 0. The normalized spacial score (nSPS) is 9.94. The van der Waals surface area contributed by atoms with Crippen molar-refractivity contribution < 1.29 is 9.36 Å². The topological polar surface area (TPSA) is 33.0 Å². The molecular weight excluding hydrogens is 212 g/mol. The highest BCUT2D eigenvalue weighted by atomic mass is 16.1. The van der Waals surface area contributed by atoms with E-state index in [9.17, 15) is 4.79 Å². The highest BCUT2D eigenvalue weighted by molar-refractivity contribution is 5.72. The van der Waals surface area contributed by atoms with Gasteiger partial charge in [-0.05, 0) is 5.56 Å². The van der Waals surface area contributed by atoms with E-state index in [1.54, 1.807) is 0 Å². The number of hydrogen-bond acceptors (Lipinski definition) is 1. The fraction of sp³-hybridized carbons (Fsp3) is 0.143. The van der Waals surface area contributed by atoms with Gasteiger partial charge in [-0.3, -0.25) is 4.79 Å². The molecule has 0 fully saturated rings. The first-order valence-electron chi connectivity index (χ1n) is 5.56. The van der Waals surface area contributed by atoms with Crippen molar-refractivity contribution in [2.45, 2.75) is 13.5 Å². The van der Waals surface area contributed by atoms with Gasteiger partial charge in [-0.2, -0.15) is 4.57 Å². The number of nitrogens with zero attached hydrogens (tertiary/aromatic N) is 1. The summed E-state index contributed by atoms with van der Waals surface area (Å²) in [4.78, 5) is 10.8. The van der Waals surface area contributed by atoms with Crippen LogP contribution in [0.1, 0.15) is 12.5 Å². The Labute approximate surface area is 101 Å². The van der Waals surface area contributed by atoms with E-state index < -0.39 is 0 Å². The second-order valence-corrected chi connectivity index (χ2v) is 3.86. The largest absolute Gasteiger partial charge is 0.352 e. The lowest BCUT2D eigenvalue weighted by atomic mass is 10.2. The van der Waals surface area contributed by atoms with Gasteiger partial charge in [0, 0.05) is 37.7 Å². The molecule has 0 atom stereocenters. The SMILES string of the molecule is CC(=O)NCc1ccc(-[n+]2ccccc2)cc1. The summed E-state index contributed by atoms with van der Waals surface area (Å²) in [5.41, 5.74) is 2.21. The van der Waals surface area contributed by atoms with Gasteiger partial charge < -0.3 is 5.32 Å². The van der Waals surface area contributed by atoms with Crippen LogP contribution < -0.4 is 9.88 Å². The number of benzene rings is 1. The van der Waals surface area contributed by atoms with Gasteiger partial charge in [-0.25, -0.2) is 0 Å². The fourth-order valence-corrected chi connectivity index (χ4v) is 1.58. The lowest BCUT2D eigenvalue weighted by Gasteiger charge is -2.02. The van der Waals surface area contributed by atoms with Crippen LogP contribution in [-0.2, 0) is 11.3 Å². The third-order valence-electron chi connectivity index (χ3n) is 2.49. The molecule has 0 saturated carbocycles. The summed E-state index contributed by atoms with van der Waals surface area (Å²) in [6.45, 7) is 2.10. The van der Waals surface area contributed by atoms with Crippen LogP contribution in [0.5, 0.6) is 0 Å². The smallest absolute Gasteiger partial charge is 0.217 e. The Kier molecular flexibility index (Phi) is 3.50. The molecule has 1 aromatic heterocycles. The third-order valence-corrected chi connectivity index (χ3v) is 2.49. The monoisotopic (exact) mass is 227 g/mol.